The molecule has 3 heteroatoms. The largest absolute Gasteiger partial charge is 0.456 e. The molecule has 10 aromatic rings. The van der Waals surface area contributed by atoms with Crippen LogP contribution >= 0.6 is 0 Å². The van der Waals surface area contributed by atoms with Crippen molar-refractivity contribution in [3.63, 3.8) is 0 Å². The molecular weight excluding hydrogens is 587 g/mol. The van der Waals surface area contributed by atoms with E-state index in [1.54, 1.807) is 0 Å². The van der Waals surface area contributed by atoms with Gasteiger partial charge in [0.1, 0.15) is 22.3 Å². The van der Waals surface area contributed by atoms with Crippen LogP contribution in [0.3, 0.4) is 0 Å². The molecule has 0 spiro atoms. The van der Waals surface area contributed by atoms with E-state index in [-0.39, 0.29) is 5.41 Å². The van der Waals surface area contributed by atoms with E-state index in [9.17, 15) is 0 Å². The van der Waals surface area contributed by atoms with Crippen molar-refractivity contribution in [2.24, 2.45) is 0 Å². The summed E-state index contributed by atoms with van der Waals surface area (Å²) in [5.74, 6) is 0. The third kappa shape index (κ3) is 3.38. The highest BCUT2D eigenvalue weighted by molar-refractivity contribution is 6.14. The lowest BCUT2D eigenvalue weighted by molar-refractivity contribution is 0.661. The molecule has 1 aliphatic rings. The van der Waals surface area contributed by atoms with E-state index in [4.69, 9.17) is 8.83 Å². The number of rotatable bonds is 2. The van der Waals surface area contributed by atoms with Crippen LogP contribution in [0.25, 0.3) is 93.6 Å². The summed E-state index contributed by atoms with van der Waals surface area (Å²) in [4.78, 5) is 0. The van der Waals surface area contributed by atoms with Crippen LogP contribution < -0.4 is 0 Å². The van der Waals surface area contributed by atoms with Crippen molar-refractivity contribution in [1.82, 2.24) is 4.57 Å². The van der Waals surface area contributed by atoms with E-state index >= 15 is 0 Å². The minimum atomic E-state index is -0.0972. The van der Waals surface area contributed by atoms with Crippen LogP contribution in [-0.4, -0.2) is 4.57 Å². The Kier molecular flexibility index (Phi) is 4.91. The summed E-state index contributed by atoms with van der Waals surface area (Å²) >= 11 is 0. The summed E-state index contributed by atoms with van der Waals surface area (Å²) in [6.45, 7) is 4.71. The van der Waals surface area contributed by atoms with Gasteiger partial charge in [-0.25, -0.2) is 0 Å². The van der Waals surface area contributed by atoms with Gasteiger partial charge in [0, 0.05) is 43.4 Å². The summed E-state index contributed by atoms with van der Waals surface area (Å²) in [5.41, 5.74) is 14.9. The lowest BCUT2D eigenvalue weighted by atomic mass is 9.82. The third-order valence-corrected chi connectivity index (χ3v) is 10.8. The van der Waals surface area contributed by atoms with Gasteiger partial charge in [0.25, 0.3) is 0 Å². The monoisotopic (exact) mass is 615 g/mol. The van der Waals surface area contributed by atoms with Crippen LogP contribution in [0.5, 0.6) is 0 Å². The van der Waals surface area contributed by atoms with E-state index in [0.717, 1.165) is 49.6 Å². The van der Waals surface area contributed by atoms with Gasteiger partial charge in [-0.1, -0.05) is 86.6 Å². The average Bonchev–Trinajstić information content (AvgIpc) is 3.84. The molecule has 0 N–H and O–H groups in total. The van der Waals surface area contributed by atoms with Crippen molar-refractivity contribution in [2.75, 3.05) is 0 Å². The first-order valence-corrected chi connectivity index (χ1v) is 16.6. The van der Waals surface area contributed by atoms with E-state index in [2.05, 4.69) is 134 Å². The molecule has 0 unspecified atom stereocenters. The van der Waals surface area contributed by atoms with Crippen molar-refractivity contribution in [1.29, 1.82) is 0 Å². The van der Waals surface area contributed by atoms with E-state index in [1.807, 2.05) is 24.3 Å². The Morgan fingerprint density at radius 1 is 0.417 bits per heavy atom. The molecule has 3 aromatic heterocycles. The first-order chi connectivity index (χ1) is 23.5. The number of para-hydroxylation sites is 2. The van der Waals surface area contributed by atoms with Crippen LogP contribution in [0.2, 0.25) is 0 Å². The SMILES string of the molecule is CC1(C)c2ccccc2-c2cc3c4cc(-c5ccc6oc7ccccc7c6c5)ccc4n(-c4ccc5oc6ccccc6c5c4)c3cc21. The van der Waals surface area contributed by atoms with Gasteiger partial charge in [-0.15, -0.1) is 0 Å². The molecule has 0 aliphatic heterocycles. The van der Waals surface area contributed by atoms with Gasteiger partial charge in [-0.2, -0.15) is 0 Å². The molecule has 0 saturated heterocycles. The van der Waals surface area contributed by atoms with Gasteiger partial charge in [-0.3, -0.25) is 0 Å². The number of nitrogens with zero attached hydrogens (tertiary/aromatic N) is 1. The Morgan fingerprint density at radius 3 is 1.77 bits per heavy atom. The minimum absolute atomic E-state index is 0.0972. The molecule has 48 heavy (non-hydrogen) atoms. The van der Waals surface area contributed by atoms with Crippen molar-refractivity contribution in [3.05, 3.63) is 151 Å². The Labute approximate surface area is 276 Å². The fourth-order valence-corrected chi connectivity index (χ4v) is 8.43. The zero-order valence-electron chi connectivity index (χ0n) is 26.5. The van der Waals surface area contributed by atoms with Crippen LogP contribution in [0.15, 0.2) is 148 Å². The summed E-state index contributed by atoms with van der Waals surface area (Å²) < 4.78 is 14.8. The number of aromatic nitrogens is 1. The van der Waals surface area contributed by atoms with Crippen LogP contribution in [0.4, 0.5) is 0 Å². The highest BCUT2D eigenvalue weighted by atomic mass is 16.3. The molecule has 0 atom stereocenters. The summed E-state index contributed by atoms with van der Waals surface area (Å²) in [7, 11) is 0. The molecular formula is C45H29NO2. The van der Waals surface area contributed by atoms with Crippen LogP contribution in [0, 0.1) is 0 Å². The van der Waals surface area contributed by atoms with Gasteiger partial charge >= 0.3 is 0 Å². The molecule has 0 radical (unpaired) electrons. The number of furan rings is 2. The molecule has 0 fully saturated rings. The first kappa shape index (κ1) is 26.1. The topological polar surface area (TPSA) is 31.2 Å². The molecule has 7 aromatic carbocycles. The Morgan fingerprint density at radius 2 is 1.00 bits per heavy atom. The highest BCUT2D eigenvalue weighted by Crippen LogP contribution is 2.51. The van der Waals surface area contributed by atoms with Crippen LogP contribution in [0.1, 0.15) is 25.0 Å². The standard InChI is InChI=1S/C45H29NO2/c1-45(2)37-12-6-3-9-29(37)32-24-34-33-21-26(27-16-19-43-35(22-27)30-10-4-7-13-41(30)47-43)15-18-39(33)46(40(34)25-38(32)45)28-17-20-44-36(23-28)31-11-5-8-14-42(31)48-44/h3-25H,1-2H3. The van der Waals surface area contributed by atoms with Crippen molar-refractivity contribution in [3.8, 4) is 27.9 Å². The van der Waals surface area contributed by atoms with E-state index < -0.39 is 0 Å². The smallest absolute Gasteiger partial charge is 0.135 e. The second kappa shape index (κ2) is 9.05. The zero-order chi connectivity index (χ0) is 31.7. The predicted molar refractivity (Wildman–Crippen MR) is 198 cm³/mol. The second-order valence-corrected chi connectivity index (χ2v) is 13.7. The maximum absolute atomic E-state index is 6.22. The Hall–Kier alpha value is -6.06. The molecule has 1 aliphatic carbocycles. The third-order valence-electron chi connectivity index (χ3n) is 10.8. The number of fused-ring (bicyclic) bond motifs is 12. The number of hydrogen-bond acceptors (Lipinski definition) is 2. The molecule has 0 amide bonds. The normalized spacial score (nSPS) is 13.8. The summed E-state index contributed by atoms with van der Waals surface area (Å²) in [5, 5.41) is 7.04. The van der Waals surface area contributed by atoms with Gasteiger partial charge in [0.15, 0.2) is 0 Å². The fraction of sp³-hybridized carbons (Fsp3) is 0.0667. The molecule has 0 bridgehead atoms. The quantitative estimate of drug-likeness (QED) is 0.194. The average molecular weight is 616 g/mol. The fourth-order valence-electron chi connectivity index (χ4n) is 8.43. The molecule has 226 valence electrons. The Bertz CT molecular complexity index is 2980. The van der Waals surface area contributed by atoms with E-state index in [0.29, 0.717) is 0 Å². The maximum Gasteiger partial charge on any atom is 0.135 e. The van der Waals surface area contributed by atoms with E-state index in [1.165, 1.54) is 55.2 Å². The first-order valence-electron chi connectivity index (χ1n) is 16.6. The zero-order valence-corrected chi connectivity index (χ0v) is 26.5. The van der Waals surface area contributed by atoms with Crippen molar-refractivity contribution >= 4 is 65.7 Å². The summed E-state index contributed by atoms with van der Waals surface area (Å²) in [6.07, 6.45) is 0. The van der Waals surface area contributed by atoms with Crippen molar-refractivity contribution < 1.29 is 8.83 Å². The van der Waals surface area contributed by atoms with Gasteiger partial charge < -0.3 is 13.4 Å². The second-order valence-electron chi connectivity index (χ2n) is 13.7. The van der Waals surface area contributed by atoms with Gasteiger partial charge in [0.05, 0.1) is 11.0 Å². The summed E-state index contributed by atoms with van der Waals surface area (Å²) in [6, 6.07) is 50.5. The van der Waals surface area contributed by atoms with Gasteiger partial charge in [0.2, 0.25) is 0 Å². The lowest BCUT2D eigenvalue weighted by Gasteiger charge is -2.21. The molecule has 0 saturated carbocycles. The maximum atomic E-state index is 6.22. The Balaban J connectivity index is 1.21. The van der Waals surface area contributed by atoms with Crippen LogP contribution in [-0.2, 0) is 5.41 Å². The lowest BCUT2D eigenvalue weighted by Crippen LogP contribution is -2.14. The number of benzene rings is 7. The minimum Gasteiger partial charge on any atom is -0.456 e. The molecule has 3 heterocycles. The van der Waals surface area contributed by atoms with Gasteiger partial charge in [-0.05, 0) is 100 Å². The molecule has 11 rings (SSSR count). The number of hydrogen-bond donors (Lipinski definition) is 0. The molecule has 3 nitrogen and oxygen atoms in total. The predicted octanol–water partition coefficient (Wildman–Crippen LogP) is 12.6. The highest BCUT2D eigenvalue weighted by Gasteiger charge is 2.36. The van der Waals surface area contributed by atoms with Crippen molar-refractivity contribution in [2.45, 2.75) is 19.3 Å².